The van der Waals surface area contributed by atoms with E-state index in [0.29, 0.717) is 36.0 Å². The molecule has 2 aromatic heterocycles. The second-order valence-electron chi connectivity index (χ2n) is 11.8. The van der Waals surface area contributed by atoms with E-state index >= 15 is 0 Å². The molecule has 5 aromatic rings. The number of benzene rings is 3. The van der Waals surface area contributed by atoms with Crippen molar-refractivity contribution in [2.75, 3.05) is 19.8 Å². The summed E-state index contributed by atoms with van der Waals surface area (Å²) in [6.07, 6.45) is -4.95. The molecule has 16 nitrogen and oxygen atoms in total. The number of H-pyrrole nitrogens is 1. The molecule has 2 saturated heterocycles. The molecule has 0 saturated carbocycles. The van der Waals surface area contributed by atoms with Gasteiger partial charge in [-0.05, 0) is 41.0 Å². The number of hydrogen-bond acceptors (Lipinski definition) is 14. The summed E-state index contributed by atoms with van der Waals surface area (Å²) in [6.45, 7) is 5.37. The van der Waals surface area contributed by atoms with Crippen LogP contribution >= 0.6 is 0 Å². The third-order valence-electron chi connectivity index (χ3n) is 8.41. The number of carbonyl (C=O) groups excluding carboxylic acids is 3. The Morgan fingerprint density at radius 2 is 1.65 bits per heavy atom. The van der Waals surface area contributed by atoms with Gasteiger partial charge in [0.2, 0.25) is 12.1 Å². The summed E-state index contributed by atoms with van der Waals surface area (Å²) in [7, 11) is 0. The molecule has 0 amide bonds. The molecule has 0 bridgehead atoms. The molecule has 2 aliphatic heterocycles. The number of para-hydroxylation sites is 1. The topological polar surface area (TPSA) is 188 Å². The zero-order chi connectivity index (χ0) is 35.5. The fourth-order valence-corrected chi connectivity index (χ4v) is 6.26. The van der Waals surface area contributed by atoms with Crippen molar-refractivity contribution in [3.05, 3.63) is 77.9 Å². The molecule has 4 heterocycles. The Balaban J connectivity index is 1.05. The van der Waals surface area contributed by atoms with Crippen LogP contribution in [0.5, 0.6) is 6.01 Å². The summed E-state index contributed by atoms with van der Waals surface area (Å²) in [5, 5.41) is 14.4. The van der Waals surface area contributed by atoms with Gasteiger partial charge in [-0.15, -0.1) is 10.2 Å². The highest BCUT2D eigenvalue weighted by Gasteiger charge is 2.51. The maximum Gasteiger partial charge on any atom is 0.511 e. The second kappa shape index (κ2) is 14.5. The fraction of sp³-hybridized carbons (Fsp3) is 0.343. The van der Waals surface area contributed by atoms with E-state index in [1.807, 2.05) is 55.5 Å². The summed E-state index contributed by atoms with van der Waals surface area (Å²) >= 11 is 0. The molecule has 0 radical (unpaired) electrons. The third-order valence-corrected chi connectivity index (χ3v) is 8.41. The lowest BCUT2D eigenvalue weighted by Crippen LogP contribution is -2.36. The molecule has 2 fully saturated rings. The van der Waals surface area contributed by atoms with Gasteiger partial charge in [0.15, 0.2) is 12.2 Å². The van der Waals surface area contributed by atoms with Crippen LogP contribution in [0.2, 0.25) is 0 Å². The van der Waals surface area contributed by atoms with Gasteiger partial charge < -0.3 is 33.2 Å². The third kappa shape index (κ3) is 7.09. The smallest absolute Gasteiger partial charge is 0.465 e. The van der Waals surface area contributed by atoms with E-state index in [0.717, 1.165) is 22.3 Å². The fourth-order valence-electron chi connectivity index (χ4n) is 6.26. The molecule has 3 aromatic carbocycles. The molecule has 7 rings (SSSR count). The van der Waals surface area contributed by atoms with E-state index in [9.17, 15) is 14.4 Å². The van der Waals surface area contributed by atoms with Gasteiger partial charge in [0.1, 0.15) is 12.2 Å². The minimum absolute atomic E-state index is 0.0286. The van der Waals surface area contributed by atoms with Crippen molar-refractivity contribution in [1.29, 1.82) is 0 Å². The van der Waals surface area contributed by atoms with Crippen molar-refractivity contribution in [3.63, 3.8) is 0 Å². The predicted octanol–water partition coefficient (Wildman–Crippen LogP) is 4.08. The first-order valence-electron chi connectivity index (χ1n) is 16.3. The molecular weight excluding hydrogens is 664 g/mol. The Morgan fingerprint density at radius 3 is 2.33 bits per heavy atom. The van der Waals surface area contributed by atoms with Crippen LogP contribution < -0.4 is 4.74 Å². The Hall–Kier alpha value is -5.87. The predicted molar refractivity (Wildman–Crippen MR) is 176 cm³/mol. The standard InChI is InChI=1S/C35H34N6O10/c1-4-45-34-36-26-11-7-10-25(33(43)49-20(3)50-35(44)51-28-18-47-30-27(48-19(2)42)17-46-31(28)30)29(26)41(34)16-21-12-14-22(15-13-21)23-8-5-6-9-24(23)32-37-39-40-38-32/h5-15,20,27-28,30-31H,4,16-18H2,1-3H3,(H,37,38,39,40)/t20?,27-,28-,30+,31+/m0/s1. The Morgan fingerprint density at radius 1 is 0.922 bits per heavy atom. The van der Waals surface area contributed by atoms with Gasteiger partial charge in [-0.25, -0.2) is 9.59 Å². The van der Waals surface area contributed by atoms with Crippen LogP contribution in [0, 0.1) is 0 Å². The summed E-state index contributed by atoms with van der Waals surface area (Å²) < 4.78 is 40.4. The van der Waals surface area contributed by atoms with Crippen LogP contribution in [0.25, 0.3) is 33.5 Å². The van der Waals surface area contributed by atoms with E-state index in [4.69, 9.17) is 33.2 Å². The highest BCUT2D eigenvalue weighted by molar-refractivity contribution is 6.02. The normalized spacial score (nSPS) is 20.1. The first-order chi connectivity index (χ1) is 24.8. The van der Waals surface area contributed by atoms with Crippen molar-refractivity contribution in [1.82, 2.24) is 30.2 Å². The van der Waals surface area contributed by atoms with Gasteiger partial charge in [0.25, 0.3) is 6.01 Å². The van der Waals surface area contributed by atoms with E-state index < -0.39 is 48.8 Å². The van der Waals surface area contributed by atoms with Crippen molar-refractivity contribution in [2.45, 2.75) is 58.0 Å². The number of ether oxygens (including phenoxy) is 7. The van der Waals surface area contributed by atoms with E-state index in [2.05, 4.69) is 25.6 Å². The zero-order valence-electron chi connectivity index (χ0n) is 27.9. The number of aromatic nitrogens is 6. The Kier molecular flexibility index (Phi) is 9.59. The Bertz CT molecular complexity index is 2030. The van der Waals surface area contributed by atoms with Gasteiger partial charge in [-0.1, -0.05) is 54.6 Å². The summed E-state index contributed by atoms with van der Waals surface area (Å²) in [5.41, 5.74) is 4.86. The number of nitrogens with zero attached hydrogens (tertiary/aromatic N) is 5. The zero-order valence-corrected chi connectivity index (χ0v) is 27.9. The van der Waals surface area contributed by atoms with E-state index in [1.165, 1.54) is 13.8 Å². The maximum atomic E-state index is 13.5. The van der Waals surface area contributed by atoms with E-state index in [-0.39, 0.29) is 18.8 Å². The van der Waals surface area contributed by atoms with Crippen LogP contribution in [0.1, 0.15) is 36.7 Å². The monoisotopic (exact) mass is 698 g/mol. The van der Waals surface area contributed by atoms with Gasteiger partial charge >= 0.3 is 18.1 Å². The van der Waals surface area contributed by atoms with Gasteiger partial charge in [-0.3, -0.25) is 9.36 Å². The first kappa shape index (κ1) is 33.6. The average Bonchev–Trinajstić information content (AvgIpc) is 3.92. The molecule has 51 heavy (non-hydrogen) atoms. The molecule has 5 atom stereocenters. The summed E-state index contributed by atoms with van der Waals surface area (Å²) in [4.78, 5) is 42.2. The quantitative estimate of drug-likeness (QED) is 0.118. The second-order valence-corrected chi connectivity index (χ2v) is 11.8. The lowest BCUT2D eigenvalue weighted by Gasteiger charge is -2.19. The number of aromatic amines is 1. The number of esters is 2. The number of rotatable bonds is 11. The van der Waals surface area contributed by atoms with Crippen molar-refractivity contribution in [2.24, 2.45) is 0 Å². The lowest BCUT2D eigenvalue weighted by atomic mass is 9.98. The van der Waals surface area contributed by atoms with Crippen molar-refractivity contribution in [3.8, 4) is 28.5 Å². The first-order valence-corrected chi connectivity index (χ1v) is 16.3. The minimum atomic E-state index is -1.30. The molecule has 0 aliphatic carbocycles. The van der Waals surface area contributed by atoms with E-state index in [1.54, 1.807) is 22.8 Å². The molecule has 2 aliphatic rings. The molecule has 264 valence electrons. The number of nitrogens with one attached hydrogen (secondary N) is 1. The van der Waals surface area contributed by atoms with Crippen molar-refractivity contribution < 1.29 is 47.5 Å². The van der Waals surface area contributed by atoms with Gasteiger partial charge in [0.05, 0.1) is 43.0 Å². The molecule has 0 spiro atoms. The lowest BCUT2D eigenvalue weighted by molar-refractivity contribution is -0.151. The number of fused-ring (bicyclic) bond motifs is 2. The van der Waals surface area contributed by atoms with Gasteiger partial charge in [0, 0.05) is 19.4 Å². The highest BCUT2D eigenvalue weighted by Crippen LogP contribution is 2.33. The van der Waals surface area contributed by atoms with Gasteiger partial charge in [-0.2, -0.15) is 10.2 Å². The number of hydrogen-bond donors (Lipinski definition) is 1. The van der Waals surface area contributed by atoms with Crippen LogP contribution in [0.15, 0.2) is 66.7 Å². The number of carbonyl (C=O) groups is 3. The SMILES string of the molecule is CCOc1nc2cccc(C(=O)OC(C)OC(=O)O[C@H]3CO[C@H]4[C@@H]3OC[C@@H]4OC(C)=O)c2n1Cc1ccc(-c2ccccc2-c2nn[nH]n2)cc1. The maximum absolute atomic E-state index is 13.5. The van der Waals surface area contributed by atoms with Crippen LogP contribution in [-0.4, -0.2) is 98.8 Å². The van der Waals surface area contributed by atoms with Crippen LogP contribution in [-0.2, 0) is 39.8 Å². The highest BCUT2D eigenvalue weighted by atomic mass is 16.8. The van der Waals surface area contributed by atoms with Crippen LogP contribution in [0.3, 0.4) is 0 Å². The average molecular weight is 699 g/mol. The molecule has 1 unspecified atom stereocenters. The molecule has 16 heteroatoms. The molecule has 1 N–H and O–H groups in total. The summed E-state index contributed by atoms with van der Waals surface area (Å²) in [5.74, 6) is -0.714. The summed E-state index contributed by atoms with van der Waals surface area (Å²) in [6, 6.07) is 21.1. The number of tetrazole rings is 1. The largest absolute Gasteiger partial charge is 0.511 e. The van der Waals surface area contributed by atoms with Crippen LogP contribution in [0.4, 0.5) is 4.79 Å². The number of imidazole rings is 1. The molecular formula is C35H34N6O10. The Labute approximate surface area is 290 Å². The van der Waals surface area contributed by atoms with Crippen molar-refractivity contribution >= 4 is 29.1 Å². The minimum Gasteiger partial charge on any atom is -0.465 e.